The molecule has 0 unspecified atom stereocenters. The maximum absolute atomic E-state index is 13.3. The van der Waals surface area contributed by atoms with E-state index in [9.17, 15) is 18.0 Å². The van der Waals surface area contributed by atoms with Crippen LogP contribution in [0.25, 0.3) is 17.1 Å². The summed E-state index contributed by atoms with van der Waals surface area (Å²) in [4.78, 5) is 16.0. The number of carbonyl (C=O) groups excluding carboxylic acids is 1. The van der Waals surface area contributed by atoms with Gasteiger partial charge in [-0.1, -0.05) is 6.08 Å². The summed E-state index contributed by atoms with van der Waals surface area (Å²) in [6.45, 7) is 3.61. The molecule has 3 rings (SSSR count). The molecule has 124 valence electrons. The number of furan rings is 1. The lowest BCUT2D eigenvalue weighted by Crippen LogP contribution is -2.23. The van der Waals surface area contributed by atoms with E-state index in [2.05, 4.69) is 22.0 Å². The number of alkyl halides is 3. The molecular formula is C15H11F3N4O2. The number of hydrogen-bond donors (Lipinski definition) is 1. The minimum absolute atomic E-state index is 0.00206. The smallest absolute Gasteiger partial charge is 0.433 e. The number of amides is 1. The van der Waals surface area contributed by atoms with E-state index in [1.54, 1.807) is 6.07 Å². The maximum atomic E-state index is 13.3. The first kappa shape index (κ1) is 15.8. The van der Waals surface area contributed by atoms with E-state index in [0.29, 0.717) is 4.52 Å². The van der Waals surface area contributed by atoms with Gasteiger partial charge < -0.3 is 9.73 Å². The normalized spacial score (nSPS) is 11.6. The third-order valence-corrected chi connectivity index (χ3v) is 3.13. The second kappa shape index (κ2) is 5.84. The fourth-order valence-electron chi connectivity index (χ4n) is 2.09. The lowest BCUT2D eigenvalue weighted by Gasteiger charge is -2.09. The van der Waals surface area contributed by atoms with Crippen molar-refractivity contribution < 1.29 is 22.4 Å². The topological polar surface area (TPSA) is 72.4 Å². The average Bonchev–Trinajstić information content (AvgIpc) is 3.19. The summed E-state index contributed by atoms with van der Waals surface area (Å²) in [7, 11) is 0. The number of fused-ring (bicyclic) bond motifs is 1. The molecule has 0 aromatic carbocycles. The van der Waals surface area contributed by atoms with Crippen LogP contribution in [0.15, 0.2) is 47.6 Å². The zero-order chi connectivity index (χ0) is 17.3. The van der Waals surface area contributed by atoms with Crippen LogP contribution in [-0.2, 0) is 6.18 Å². The molecule has 0 aliphatic carbocycles. The third kappa shape index (κ3) is 2.87. The maximum Gasteiger partial charge on any atom is 0.433 e. The summed E-state index contributed by atoms with van der Waals surface area (Å²) in [6, 6.07) is 5.04. The summed E-state index contributed by atoms with van der Waals surface area (Å²) in [5.41, 5.74) is -1.34. The monoisotopic (exact) mass is 336 g/mol. The Hall–Kier alpha value is -3.10. The average molecular weight is 336 g/mol. The Morgan fingerprint density at radius 3 is 2.83 bits per heavy atom. The predicted molar refractivity (Wildman–Crippen MR) is 78.2 cm³/mol. The Balaban J connectivity index is 2.16. The molecule has 0 radical (unpaired) electrons. The van der Waals surface area contributed by atoms with Gasteiger partial charge in [-0.3, -0.25) is 4.79 Å². The molecule has 1 amide bonds. The number of nitrogens with zero attached hydrogens (tertiary/aromatic N) is 3. The van der Waals surface area contributed by atoms with Gasteiger partial charge in [-0.2, -0.15) is 18.3 Å². The van der Waals surface area contributed by atoms with Gasteiger partial charge in [0.05, 0.1) is 6.26 Å². The van der Waals surface area contributed by atoms with Gasteiger partial charge in [0.25, 0.3) is 5.91 Å². The van der Waals surface area contributed by atoms with Crippen LogP contribution in [0.3, 0.4) is 0 Å². The highest BCUT2D eigenvalue weighted by Gasteiger charge is 2.35. The molecular weight excluding hydrogens is 325 g/mol. The van der Waals surface area contributed by atoms with E-state index >= 15 is 0 Å². The largest absolute Gasteiger partial charge is 0.463 e. The van der Waals surface area contributed by atoms with Crippen molar-refractivity contribution in [2.45, 2.75) is 6.18 Å². The summed E-state index contributed by atoms with van der Waals surface area (Å²) in [5, 5.41) is 6.16. The summed E-state index contributed by atoms with van der Waals surface area (Å²) < 4.78 is 45.6. The fourth-order valence-corrected chi connectivity index (χ4v) is 2.09. The molecule has 3 aromatic rings. The van der Waals surface area contributed by atoms with E-state index in [1.807, 2.05) is 0 Å². The third-order valence-electron chi connectivity index (χ3n) is 3.13. The Morgan fingerprint density at radius 2 is 2.21 bits per heavy atom. The molecule has 0 atom stereocenters. The predicted octanol–water partition coefficient (Wildman–Crippen LogP) is 2.92. The van der Waals surface area contributed by atoms with Crippen molar-refractivity contribution in [1.82, 2.24) is 19.9 Å². The van der Waals surface area contributed by atoms with Crippen molar-refractivity contribution in [3.8, 4) is 11.5 Å². The van der Waals surface area contributed by atoms with Crippen LogP contribution < -0.4 is 5.32 Å². The number of aromatic nitrogens is 3. The first-order chi connectivity index (χ1) is 11.4. The fraction of sp³-hybridized carbons (Fsp3) is 0.133. The summed E-state index contributed by atoms with van der Waals surface area (Å²) in [5.74, 6) is -0.435. The highest BCUT2D eigenvalue weighted by molar-refractivity contribution is 5.93. The van der Waals surface area contributed by atoms with Crippen LogP contribution >= 0.6 is 0 Å². The Morgan fingerprint density at radius 1 is 1.42 bits per heavy atom. The van der Waals surface area contributed by atoms with Crippen molar-refractivity contribution >= 4 is 11.6 Å². The first-order valence-electron chi connectivity index (χ1n) is 6.81. The van der Waals surface area contributed by atoms with Crippen LogP contribution in [0, 0.1) is 0 Å². The highest BCUT2D eigenvalue weighted by Crippen LogP contribution is 2.32. The molecule has 0 fully saturated rings. The zero-order valence-electron chi connectivity index (χ0n) is 12.2. The van der Waals surface area contributed by atoms with Gasteiger partial charge in [0.2, 0.25) is 0 Å². The molecule has 6 nitrogen and oxygen atoms in total. The number of halogens is 3. The summed E-state index contributed by atoms with van der Waals surface area (Å²) in [6.07, 6.45) is -1.90. The molecule has 9 heteroatoms. The second-order valence-electron chi connectivity index (χ2n) is 4.80. The lowest BCUT2D eigenvalue weighted by atomic mass is 10.2. The SMILES string of the molecule is C=CCNC(=O)c1cc2nc(-c3ccco3)cc(C(F)(F)F)n2n1. The van der Waals surface area contributed by atoms with Crippen LogP contribution in [0.5, 0.6) is 0 Å². The minimum Gasteiger partial charge on any atom is -0.463 e. The molecule has 0 saturated carbocycles. The van der Waals surface area contributed by atoms with Crippen molar-refractivity contribution in [3.63, 3.8) is 0 Å². The van der Waals surface area contributed by atoms with Gasteiger partial charge in [-0.15, -0.1) is 6.58 Å². The van der Waals surface area contributed by atoms with E-state index in [1.165, 1.54) is 24.5 Å². The zero-order valence-corrected chi connectivity index (χ0v) is 12.2. The van der Waals surface area contributed by atoms with Crippen molar-refractivity contribution in [2.75, 3.05) is 6.54 Å². The lowest BCUT2D eigenvalue weighted by molar-refractivity contribution is -0.142. The number of nitrogens with one attached hydrogen (secondary N) is 1. The van der Waals surface area contributed by atoms with Gasteiger partial charge in [-0.05, 0) is 18.2 Å². The number of carbonyl (C=O) groups is 1. The molecule has 24 heavy (non-hydrogen) atoms. The van der Waals surface area contributed by atoms with E-state index < -0.39 is 17.8 Å². The second-order valence-corrected chi connectivity index (χ2v) is 4.80. The molecule has 0 aliphatic heterocycles. The van der Waals surface area contributed by atoms with E-state index in [4.69, 9.17) is 4.42 Å². The molecule has 1 N–H and O–H groups in total. The first-order valence-corrected chi connectivity index (χ1v) is 6.81. The molecule has 0 bridgehead atoms. The van der Waals surface area contributed by atoms with Gasteiger partial charge in [0.15, 0.2) is 22.8 Å². The molecule has 0 spiro atoms. The Labute approximate surface area is 133 Å². The van der Waals surface area contributed by atoms with Crippen LogP contribution in [0.2, 0.25) is 0 Å². The Kier molecular flexibility index (Phi) is 3.84. The molecule has 0 aliphatic rings. The quantitative estimate of drug-likeness (QED) is 0.744. The van der Waals surface area contributed by atoms with E-state index in [0.717, 1.165) is 6.07 Å². The standard InChI is InChI=1S/C15H11F3N4O2/c1-2-5-19-14(23)10-8-13-20-9(11-4-3-6-24-11)7-12(15(16,17)18)22(13)21-10/h2-4,6-8H,1,5H2,(H,19,23). The van der Waals surface area contributed by atoms with Crippen molar-refractivity contribution in [1.29, 1.82) is 0 Å². The molecule has 0 saturated heterocycles. The van der Waals surface area contributed by atoms with E-state index in [-0.39, 0.29) is 29.3 Å². The molecule has 3 aromatic heterocycles. The highest BCUT2D eigenvalue weighted by atomic mass is 19.4. The van der Waals surface area contributed by atoms with Gasteiger partial charge in [0, 0.05) is 12.6 Å². The van der Waals surface area contributed by atoms with Gasteiger partial charge in [0.1, 0.15) is 5.69 Å². The summed E-state index contributed by atoms with van der Waals surface area (Å²) >= 11 is 0. The van der Waals surface area contributed by atoms with Crippen molar-refractivity contribution in [3.05, 3.63) is 54.6 Å². The molecule has 3 heterocycles. The minimum atomic E-state index is -4.68. The Bertz CT molecular complexity index is 897. The number of hydrogen-bond acceptors (Lipinski definition) is 4. The van der Waals surface area contributed by atoms with Gasteiger partial charge >= 0.3 is 6.18 Å². The van der Waals surface area contributed by atoms with Crippen LogP contribution in [0.1, 0.15) is 16.2 Å². The van der Waals surface area contributed by atoms with Crippen molar-refractivity contribution in [2.24, 2.45) is 0 Å². The van der Waals surface area contributed by atoms with Crippen LogP contribution in [-0.4, -0.2) is 27.0 Å². The van der Waals surface area contributed by atoms with Crippen LogP contribution in [0.4, 0.5) is 13.2 Å². The number of rotatable bonds is 4. The van der Waals surface area contributed by atoms with Gasteiger partial charge in [-0.25, -0.2) is 9.50 Å².